The molecular formula is C22H25F3N6O3. The third kappa shape index (κ3) is 5.01. The number of hydrogen-bond acceptors (Lipinski definition) is 6. The van der Waals surface area contributed by atoms with E-state index in [0.29, 0.717) is 49.9 Å². The van der Waals surface area contributed by atoms with Crippen LogP contribution in [0.5, 0.6) is 11.5 Å². The lowest BCUT2D eigenvalue weighted by Gasteiger charge is -2.34. The SMILES string of the molecule is COc1ccc(NC(=O)N2CCN(CCn3c(C(F)(F)F)nc4cccnc43)CC2)cc1OC. The lowest BCUT2D eigenvalue weighted by atomic mass is 10.2. The first-order chi connectivity index (χ1) is 16.3. The van der Waals surface area contributed by atoms with Crippen molar-refractivity contribution in [3.8, 4) is 11.5 Å². The highest BCUT2D eigenvalue weighted by Crippen LogP contribution is 2.31. The van der Waals surface area contributed by atoms with Gasteiger partial charge in [0, 0.05) is 57.2 Å². The molecule has 182 valence electrons. The molecule has 12 heteroatoms. The Balaban J connectivity index is 1.34. The van der Waals surface area contributed by atoms with Gasteiger partial charge in [0.1, 0.15) is 5.52 Å². The van der Waals surface area contributed by atoms with E-state index in [1.54, 1.807) is 29.2 Å². The van der Waals surface area contributed by atoms with Crippen LogP contribution in [0, 0.1) is 0 Å². The highest BCUT2D eigenvalue weighted by Gasteiger charge is 2.38. The molecule has 2 aromatic heterocycles. The average molecular weight is 478 g/mol. The number of carbonyl (C=O) groups is 1. The Hall–Kier alpha value is -3.54. The van der Waals surface area contributed by atoms with E-state index in [4.69, 9.17) is 9.47 Å². The largest absolute Gasteiger partial charge is 0.493 e. The fourth-order valence-electron chi connectivity index (χ4n) is 3.92. The number of amides is 2. The number of rotatable bonds is 6. The minimum atomic E-state index is -4.57. The number of pyridine rings is 1. The summed E-state index contributed by atoms with van der Waals surface area (Å²) in [7, 11) is 3.05. The highest BCUT2D eigenvalue weighted by atomic mass is 19.4. The predicted octanol–water partition coefficient (Wildman–Crippen LogP) is 3.32. The standard InChI is InChI=1S/C22H25F3N6O3/c1-33-17-6-5-15(14-18(17)34-2)27-21(32)30-11-8-29(9-12-30)10-13-31-19-16(4-3-7-26-19)28-20(31)22(23,24)25/h3-7,14H,8-13H2,1-2H3,(H,27,32). The second kappa shape index (κ2) is 9.75. The maximum atomic E-state index is 13.5. The zero-order valence-corrected chi connectivity index (χ0v) is 18.8. The first kappa shape index (κ1) is 23.6. The summed E-state index contributed by atoms with van der Waals surface area (Å²) in [6.45, 7) is 2.47. The molecule has 0 atom stereocenters. The molecule has 1 fully saturated rings. The van der Waals surface area contributed by atoms with Gasteiger partial charge in [-0.15, -0.1) is 0 Å². The molecule has 3 heterocycles. The van der Waals surface area contributed by atoms with Crippen molar-refractivity contribution in [2.24, 2.45) is 0 Å². The van der Waals surface area contributed by atoms with E-state index in [1.165, 1.54) is 26.5 Å². The fraction of sp³-hybridized carbons (Fsp3) is 0.409. The molecule has 0 unspecified atom stereocenters. The van der Waals surface area contributed by atoms with Crippen LogP contribution in [0.15, 0.2) is 36.5 Å². The molecule has 0 radical (unpaired) electrons. The van der Waals surface area contributed by atoms with Crippen LogP contribution in [0.2, 0.25) is 0 Å². The van der Waals surface area contributed by atoms with E-state index in [1.807, 2.05) is 4.90 Å². The molecule has 2 amide bonds. The highest BCUT2D eigenvalue weighted by molar-refractivity contribution is 5.89. The van der Waals surface area contributed by atoms with Crippen LogP contribution in [0.25, 0.3) is 11.2 Å². The van der Waals surface area contributed by atoms with Crippen molar-refractivity contribution in [2.45, 2.75) is 12.7 Å². The summed E-state index contributed by atoms with van der Waals surface area (Å²) in [6, 6.07) is 7.93. The van der Waals surface area contributed by atoms with Gasteiger partial charge >= 0.3 is 12.2 Å². The number of alkyl halides is 3. The monoisotopic (exact) mass is 478 g/mol. The lowest BCUT2D eigenvalue weighted by molar-refractivity contribution is -0.147. The van der Waals surface area contributed by atoms with E-state index < -0.39 is 12.0 Å². The minimum Gasteiger partial charge on any atom is -0.493 e. The molecule has 3 aromatic rings. The normalized spacial score (nSPS) is 14.9. The van der Waals surface area contributed by atoms with Crippen molar-refractivity contribution in [1.29, 1.82) is 0 Å². The predicted molar refractivity (Wildman–Crippen MR) is 119 cm³/mol. The van der Waals surface area contributed by atoms with Gasteiger partial charge in [-0.25, -0.2) is 14.8 Å². The Kier molecular flexibility index (Phi) is 6.77. The van der Waals surface area contributed by atoms with Crippen molar-refractivity contribution < 1.29 is 27.4 Å². The van der Waals surface area contributed by atoms with E-state index >= 15 is 0 Å². The average Bonchev–Trinajstić information content (AvgIpc) is 3.22. The number of hydrogen-bond donors (Lipinski definition) is 1. The summed E-state index contributed by atoms with van der Waals surface area (Å²) in [5.41, 5.74) is 0.999. The molecule has 1 aromatic carbocycles. The number of nitrogens with zero attached hydrogens (tertiary/aromatic N) is 5. The van der Waals surface area contributed by atoms with Gasteiger partial charge < -0.3 is 24.3 Å². The maximum Gasteiger partial charge on any atom is 0.449 e. The maximum absolute atomic E-state index is 13.5. The van der Waals surface area contributed by atoms with Crippen LogP contribution < -0.4 is 14.8 Å². The van der Waals surface area contributed by atoms with E-state index in [9.17, 15) is 18.0 Å². The van der Waals surface area contributed by atoms with Gasteiger partial charge in [-0.05, 0) is 24.3 Å². The molecule has 0 bridgehead atoms. The smallest absolute Gasteiger partial charge is 0.449 e. The fourth-order valence-corrected chi connectivity index (χ4v) is 3.92. The van der Waals surface area contributed by atoms with Crippen molar-refractivity contribution in [3.05, 3.63) is 42.4 Å². The molecule has 0 spiro atoms. The summed E-state index contributed by atoms with van der Waals surface area (Å²) < 4.78 is 52.0. The second-order valence-corrected chi connectivity index (χ2v) is 7.76. The number of piperazine rings is 1. The van der Waals surface area contributed by atoms with Gasteiger partial charge in [-0.2, -0.15) is 13.2 Å². The zero-order chi connectivity index (χ0) is 24.3. The summed E-state index contributed by atoms with van der Waals surface area (Å²) in [5.74, 6) is 0.114. The van der Waals surface area contributed by atoms with Gasteiger partial charge in [0.05, 0.1) is 14.2 Å². The van der Waals surface area contributed by atoms with Crippen LogP contribution in [-0.4, -0.2) is 77.3 Å². The Morgan fingerprint density at radius 1 is 1.06 bits per heavy atom. The topological polar surface area (TPSA) is 84.8 Å². The summed E-state index contributed by atoms with van der Waals surface area (Å²) >= 11 is 0. The summed E-state index contributed by atoms with van der Waals surface area (Å²) in [6.07, 6.45) is -3.11. The van der Waals surface area contributed by atoms with Crippen LogP contribution in [0.1, 0.15) is 5.82 Å². The number of urea groups is 1. The van der Waals surface area contributed by atoms with Crippen molar-refractivity contribution in [1.82, 2.24) is 24.3 Å². The third-order valence-corrected chi connectivity index (χ3v) is 5.69. The van der Waals surface area contributed by atoms with Crippen molar-refractivity contribution in [2.75, 3.05) is 52.3 Å². The van der Waals surface area contributed by atoms with E-state index in [-0.39, 0.29) is 23.7 Å². The molecule has 1 saturated heterocycles. The number of benzene rings is 1. The van der Waals surface area contributed by atoms with Gasteiger partial charge in [-0.1, -0.05) is 0 Å². The molecule has 1 N–H and O–H groups in total. The third-order valence-electron chi connectivity index (χ3n) is 5.69. The molecule has 0 saturated carbocycles. The quantitative estimate of drug-likeness (QED) is 0.585. The Morgan fingerprint density at radius 2 is 1.79 bits per heavy atom. The second-order valence-electron chi connectivity index (χ2n) is 7.76. The molecule has 34 heavy (non-hydrogen) atoms. The van der Waals surface area contributed by atoms with E-state index in [0.717, 1.165) is 4.57 Å². The number of halogens is 3. The summed E-state index contributed by atoms with van der Waals surface area (Å²) in [5, 5.41) is 2.84. The van der Waals surface area contributed by atoms with Crippen LogP contribution >= 0.6 is 0 Å². The molecular weight excluding hydrogens is 453 g/mol. The van der Waals surface area contributed by atoms with Crippen LogP contribution in [0.3, 0.4) is 0 Å². The van der Waals surface area contributed by atoms with Crippen LogP contribution in [0.4, 0.5) is 23.7 Å². The van der Waals surface area contributed by atoms with Crippen molar-refractivity contribution in [3.63, 3.8) is 0 Å². The van der Waals surface area contributed by atoms with Gasteiger partial charge in [0.25, 0.3) is 0 Å². The first-order valence-electron chi connectivity index (χ1n) is 10.7. The van der Waals surface area contributed by atoms with Gasteiger partial charge in [0.2, 0.25) is 5.82 Å². The van der Waals surface area contributed by atoms with Gasteiger partial charge in [-0.3, -0.25) is 4.90 Å². The Morgan fingerprint density at radius 3 is 2.47 bits per heavy atom. The molecule has 1 aliphatic heterocycles. The molecule has 1 aliphatic rings. The molecule has 0 aliphatic carbocycles. The van der Waals surface area contributed by atoms with Crippen LogP contribution in [-0.2, 0) is 12.7 Å². The Labute approximate surface area is 194 Å². The summed E-state index contributed by atoms with van der Waals surface area (Å²) in [4.78, 5) is 24.2. The number of aromatic nitrogens is 3. The zero-order valence-electron chi connectivity index (χ0n) is 18.8. The minimum absolute atomic E-state index is 0.0974. The lowest BCUT2D eigenvalue weighted by Crippen LogP contribution is -2.50. The number of fused-ring (bicyclic) bond motifs is 1. The first-order valence-corrected chi connectivity index (χ1v) is 10.7. The molecule has 4 rings (SSSR count). The number of carbonyl (C=O) groups excluding carboxylic acids is 1. The number of ether oxygens (including phenoxy) is 2. The van der Waals surface area contributed by atoms with E-state index in [2.05, 4.69) is 15.3 Å². The number of imidazole rings is 1. The van der Waals surface area contributed by atoms with Crippen molar-refractivity contribution >= 4 is 22.9 Å². The van der Waals surface area contributed by atoms with Gasteiger partial charge in [0.15, 0.2) is 17.1 Å². The number of methoxy groups -OCH3 is 2. The number of anilines is 1. The molecule has 9 nitrogen and oxygen atoms in total. The number of nitrogens with one attached hydrogen (secondary N) is 1. The Bertz CT molecular complexity index is 1160.